The third-order valence-corrected chi connectivity index (χ3v) is 4.87. The molecular formula is C14H17F3O3. The zero-order valence-electron chi connectivity index (χ0n) is 11.0. The van der Waals surface area contributed by atoms with Gasteiger partial charge in [0.15, 0.2) is 0 Å². The number of hydrogen-bond donors (Lipinski definition) is 1. The zero-order chi connectivity index (χ0) is 14.8. The first kappa shape index (κ1) is 13.9. The lowest BCUT2D eigenvalue weighted by Gasteiger charge is -2.59. The molecule has 3 nitrogen and oxygen atoms in total. The van der Waals surface area contributed by atoms with E-state index in [2.05, 4.69) is 6.58 Å². The van der Waals surface area contributed by atoms with Crippen molar-refractivity contribution >= 4 is 5.97 Å². The molecule has 0 saturated heterocycles. The fourth-order valence-electron chi connectivity index (χ4n) is 4.62. The number of halogens is 3. The minimum absolute atomic E-state index is 0.244. The lowest BCUT2D eigenvalue weighted by atomic mass is 9.52. The molecule has 0 aliphatic heterocycles. The van der Waals surface area contributed by atoms with Crippen molar-refractivity contribution < 1.29 is 27.8 Å². The van der Waals surface area contributed by atoms with Gasteiger partial charge in [-0.1, -0.05) is 6.58 Å². The molecule has 0 aromatic heterocycles. The Hall–Kier alpha value is -1.04. The average molecular weight is 290 g/mol. The summed E-state index contributed by atoms with van der Waals surface area (Å²) in [6.07, 6.45) is -1.08. The number of aliphatic hydroxyl groups is 1. The smallest absolute Gasteiger partial charge is 0.422 e. The van der Waals surface area contributed by atoms with E-state index in [4.69, 9.17) is 4.74 Å². The first-order valence-electron chi connectivity index (χ1n) is 6.83. The molecule has 4 atom stereocenters. The number of esters is 1. The second kappa shape index (κ2) is 4.00. The second-order valence-corrected chi connectivity index (χ2v) is 6.73. The van der Waals surface area contributed by atoms with Crippen LogP contribution in [0.15, 0.2) is 12.2 Å². The predicted molar refractivity (Wildman–Crippen MR) is 63.6 cm³/mol. The molecule has 112 valence electrons. The number of ether oxygens (including phenoxy) is 1. The Labute approximate surface area is 114 Å². The van der Waals surface area contributed by atoms with Crippen LogP contribution in [0.3, 0.4) is 0 Å². The number of rotatable bonds is 2. The average Bonchev–Trinajstić information content (AvgIpc) is 2.22. The van der Waals surface area contributed by atoms with Crippen molar-refractivity contribution in [3.8, 4) is 0 Å². The molecule has 0 aromatic rings. The van der Waals surface area contributed by atoms with Crippen LogP contribution in [-0.2, 0) is 9.53 Å². The third-order valence-electron chi connectivity index (χ3n) is 4.87. The maximum atomic E-state index is 12.5. The summed E-state index contributed by atoms with van der Waals surface area (Å²) < 4.78 is 42.6. The lowest BCUT2D eigenvalue weighted by Crippen LogP contribution is -2.60. The molecule has 4 saturated carbocycles. The van der Waals surface area contributed by atoms with Crippen LogP contribution in [0.2, 0.25) is 0 Å². The highest BCUT2D eigenvalue weighted by atomic mass is 19.4. The van der Waals surface area contributed by atoms with E-state index < -0.39 is 28.9 Å². The van der Waals surface area contributed by atoms with Crippen molar-refractivity contribution in [2.75, 3.05) is 0 Å². The topological polar surface area (TPSA) is 46.5 Å². The van der Waals surface area contributed by atoms with Gasteiger partial charge >= 0.3 is 12.1 Å². The van der Waals surface area contributed by atoms with Crippen LogP contribution in [0.4, 0.5) is 13.2 Å². The Morgan fingerprint density at radius 2 is 1.75 bits per heavy atom. The summed E-state index contributed by atoms with van der Waals surface area (Å²) in [5.41, 5.74) is -3.27. The Balaban J connectivity index is 1.77. The maximum absolute atomic E-state index is 12.5. The molecule has 3 unspecified atom stereocenters. The van der Waals surface area contributed by atoms with Crippen molar-refractivity contribution in [2.24, 2.45) is 11.8 Å². The van der Waals surface area contributed by atoms with Crippen LogP contribution >= 0.6 is 0 Å². The van der Waals surface area contributed by atoms with Gasteiger partial charge in [0.25, 0.3) is 0 Å². The molecule has 0 heterocycles. The zero-order valence-corrected chi connectivity index (χ0v) is 11.0. The molecule has 4 fully saturated rings. The molecule has 4 bridgehead atoms. The van der Waals surface area contributed by atoms with Crippen molar-refractivity contribution in [1.82, 2.24) is 0 Å². The highest BCUT2D eigenvalue weighted by molar-refractivity contribution is 5.89. The van der Waals surface area contributed by atoms with E-state index in [0.29, 0.717) is 25.7 Å². The highest BCUT2D eigenvalue weighted by Gasteiger charge is 2.59. The summed E-state index contributed by atoms with van der Waals surface area (Å²) in [6.45, 7) is 2.78. The number of carbonyl (C=O) groups is 1. The fraction of sp³-hybridized carbons (Fsp3) is 0.786. The first-order chi connectivity index (χ1) is 9.11. The van der Waals surface area contributed by atoms with E-state index in [1.165, 1.54) is 0 Å². The molecular weight excluding hydrogens is 273 g/mol. The molecule has 0 radical (unpaired) electrons. The van der Waals surface area contributed by atoms with Gasteiger partial charge in [0, 0.05) is 6.42 Å². The molecule has 20 heavy (non-hydrogen) atoms. The summed E-state index contributed by atoms with van der Waals surface area (Å²) in [5, 5.41) is 10.4. The van der Waals surface area contributed by atoms with E-state index in [1.54, 1.807) is 0 Å². The van der Waals surface area contributed by atoms with Crippen LogP contribution in [0.5, 0.6) is 0 Å². The van der Waals surface area contributed by atoms with Gasteiger partial charge in [0.1, 0.15) is 11.2 Å². The molecule has 4 aliphatic carbocycles. The molecule has 0 spiro atoms. The van der Waals surface area contributed by atoms with Gasteiger partial charge in [-0.3, -0.25) is 0 Å². The summed E-state index contributed by atoms with van der Waals surface area (Å²) in [6, 6.07) is 0. The molecule has 1 N–H and O–H groups in total. The predicted octanol–water partition coefficient (Wildman–Crippen LogP) is 2.73. The van der Waals surface area contributed by atoms with E-state index in [-0.39, 0.29) is 18.3 Å². The standard InChI is InChI=1S/C14H17F3O3/c1-8(14(15,16)17)11(18)20-13-5-9-2-10(6-13)4-12(19,3-9)7-13/h9-10,19H,1-7H2/t9-,10?,12?,13?/m1/s1. The molecule has 4 rings (SSSR count). The van der Waals surface area contributed by atoms with Gasteiger partial charge in [0.05, 0.1) is 5.60 Å². The molecule has 6 heteroatoms. The van der Waals surface area contributed by atoms with Gasteiger partial charge in [-0.05, 0) is 43.9 Å². The number of hydrogen-bond acceptors (Lipinski definition) is 3. The Morgan fingerprint density at radius 1 is 1.20 bits per heavy atom. The first-order valence-corrected chi connectivity index (χ1v) is 6.83. The Bertz CT molecular complexity index is 455. The van der Waals surface area contributed by atoms with Crippen molar-refractivity contribution in [3.05, 3.63) is 12.2 Å². The monoisotopic (exact) mass is 290 g/mol. The van der Waals surface area contributed by atoms with Crippen LogP contribution in [0.1, 0.15) is 38.5 Å². The van der Waals surface area contributed by atoms with E-state index in [0.717, 1.165) is 6.42 Å². The molecule has 0 aromatic carbocycles. The summed E-state index contributed by atoms with van der Waals surface area (Å²) >= 11 is 0. The van der Waals surface area contributed by atoms with Gasteiger partial charge in [-0.15, -0.1) is 0 Å². The largest absolute Gasteiger partial charge is 0.455 e. The highest BCUT2D eigenvalue weighted by Crippen LogP contribution is 2.59. The lowest BCUT2D eigenvalue weighted by molar-refractivity contribution is -0.220. The van der Waals surface area contributed by atoms with Gasteiger partial charge < -0.3 is 9.84 Å². The summed E-state index contributed by atoms with van der Waals surface area (Å²) in [7, 11) is 0. The fourth-order valence-corrected chi connectivity index (χ4v) is 4.62. The summed E-state index contributed by atoms with van der Waals surface area (Å²) in [5.74, 6) is -0.913. The van der Waals surface area contributed by atoms with Crippen molar-refractivity contribution in [1.29, 1.82) is 0 Å². The van der Waals surface area contributed by atoms with Crippen molar-refractivity contribution in [3.63, 3.8) is 0 Å². The Kier molecular flexibility index (Phi) is 2.78. The maximum Gasteiger partial charge on any atom is 0.422 e. The minimum Gasteiger partial charge on any atom is -0.455 e. The normalized spacial score (nSPS) is 42.6. The van der Waals surface area contributed by atoms with E-state index in [1.807, 2.05) is 0 Å². The summed E-state index contributed by atoms with van der Waals surface area (Å²) in [4.78, 5) is 11.7. The minimum atomic E-state index is -4.77. The van der Waals surface area contributed by atoms with Gasteiger partial charge in [0.2, 0.25) is 0 Å². The number of alkyl halides is 3. The van der Waals surface area contributed by atoms with Crippen LogP contribution in [0, 0.1) is 11.8 Å². The quantitative estimate of drug-likeness (QED) is 0.628. The van der Waals surface area contributed by atoms with Gasteiger partial charge in [-0.2, -0.15) is 13.2 Å². The van der Waals surface area contributed by atoms with E-state index >= 15 is 0 Å². The van der Waals surface area contributed by atoms with Crippen LogP contribution in [-0.4, -0.2) is 28.5 Å². The number of carbonyl (C=O) groups excluding carboxylic acids is 1. The Morgan fingerprint density at radius 3 is 2.20 bits per heavy atom. The van der Waals surface area contributed by atoms with Crippen LogP contribution < -0.4 is 0 Å². The SMILES string of the molecule is C=C(C(=O)OC12CC3C[C@H](CC(O)(C3)C1)C2)C(F)(F)F. The molecule has 4 aliphatic rings. The van der Waals surface area contributed by atoms with Crippen LogP contribution in [0.25, 0.3) is 0 Å². The third kappa shape index (κ3) is 2.24. The van der Waals surface area contributed by atoms with Gasteiger partial charge in [-0.25, -0.2) is 4.79 Å². The van der Waals surface area contributed by atoms with Crippen molar-refractivity contribution in [2.45, 2.75) is 55.9 Å². The van der Waals surface area contributed by atoms with E-state index in [9.17, 15) is 23.1 Å². The second-order valence-electron chi connectivity index (χ2n) is 6.73. The molecule has 0 amide bonds.